The Morgan fingerprint density at radius 1 is 0.843 bits per heavy atom. The molecular weight excluding hydrogens is 648 g/mol. The molecule has 272 valence electrons. The van der Waals surface area contributed by atoms with E-state index in [0.29, 0.717) is 32.5 Å². The number of carbonyl (C=O) groups is 3. The molecule has 3 aliphatic rings. The highest BCUT2D eigenvalue weighted by atomic mass is 16.7. The van der Waals surface area contributed by atoms with E-state index >= 15 is 0 Å². The highest BCUT2D eigenvalue weighted by Gasteiger charge is 2.50. The van der Waals surface area contributed by atoms with Crippen molar-refractivity contribution in [2.45, 2.75) is 95.0 Å². The number of piperidine rings is 1. The molecule has 11 nitrogen and oxygen atoms in total. The van der Waals surface area contributed by atoms with E-state index in [-0.39, 0.29) is 37.0 Å². The van der Waals surface area contributed by atoms with Gasteiger partial charge in [-0.15, -0.1) is 0 Å². The largest absolute Gasteiger partial charge is 0.481 e. The SMILES string of the molecule is O=C(O)CCCCCCC(=O)NCc1ccc(C2OC(CN3CCC4(CC3)C(=O)NCN4c3ccccc3)CC(c3ccc(CO)cc3)O2)cc1. The predicted molar refractivity (Wildman–Crippen MR) is 192 cm³/mol. The van der Waals surface area contributed by atoms with E-state index in [1.165, 1.54) is 0 Å². The lowest BCUT2D eigenvalue weighted by molar-refractivity contribution is -0.253. The second-order valence-electron chi connectivity index (χ2n) is 13.9. The molecule has 0 saturated carbocycles. The first-order chi connectivity index (χ1) is 24.8. The molecule has 11 heteroatoms. The van der Waals surface area contributed by atoms with Gasteiger partial charge < -0.3 is 40.1 Å². The second-order valence-corrected chi connectivity index (χ2v) is 13.9. The average Bonchev–Trinajstić information content (AvgIpc) is 3.47. The summed E-state index contributed by atoms with van der Waals surface area (Å²) >= 11 is 0. The molecule has 2 amide bonds. The number of carboxylic acids is 1. The molecule has 3 fully saturated rings. The molecule has 0 aromatic heterocycles. The lowest BCUT2D eigenvalue weighted by Gasteiger charge is -2.45. The van der Waals surface area contributed by atoms with Crippen LogP contribution in [0.15, 0.2) is 78.9 Å². The van der Waals surface area contributed by atoms with Crippen molar-refractivity contribution >= 4 is 23.5 Å². The molecule has 0 radical (unpaired) electrons. The number of carboxylic acid groups (broad SMARTS) is 1. The fraction of sp³-hybridized carbons (Fsp3) is 0.475. The lowest BCUT2D eigenvalue weighted by atomic mass is 9.85. The Balaban J connectivity index is 1.06. The first-order valence-corrected chi connectivity index (χ1v) is 18.2. The van der Waals surface area contributed by atoms with Crippen molar-refractivity contribution in [3.8, 4) is 0 Å². The molecule has 3 aromatic rings. The van der Waals surface area contributed by atoms with E-state index in [4.69, 9.17) is 14.6 Å². The molecule has 3 aromatic carbocycles. The van der Waals surface area contributed by atoms with Crippen molar-refractivity contribution in [2.75, 3.05) is 31.2 Å². The van der Waals surface area contributed by atoms with Crippen LogP contribution < -0.4 is 15.5 Å². The van der Waals surface area contributed by atoms with Gasteiger partial charge in [0.2, 0.25) is 11.8 Å². The zero-order valence-electron chi connectivity index (χ0n) is 29.2. The Labute approximate surface area is 299 Å². The fourth-order valence-corrected chi connectivity index (χ4v) is 7.46. The van der Waals surface area contributed by atoms with E-state index in [1.807, 2.05) is 66.7 Å². The Hall–Kier alpha value is -4.29. The van der Waals surface area contributed by atoms with Gasteiger partial charge in [-0.25, -0.2) is 0 Å². The molecule has 3 saturated heterocycles. The van der Waals surface area contributed by atoms with Gasteiger partial charge in [0.1, 0.15) is 5.54 Å². The number of aliphatic hydroxyl groups is 1. The normalized spacial score (nSPS) is 21.8. The van der Waals surface area contributed by atoms with E-state index in [9.17, 15) is 19.5 Å². The van der Waals surface area contributed by atoms with Gasteiger partial charge in [0, 0.05) is 56.7 Å². The van der Waals surface area contributed by atoms with Crippen molar-refractivity contribution in [3.63, 3.8) is 0 Å². The second kappa shape index (κ2) is 17.3. The number of likely N-dealkylation sites (tertiary alicyclic amines) is 1. The lowest BCUT2D eigenvalue weighted by Crippen LogP contribution is -2.57. The van der Waals surface area contributed by atoms with Crippen LogP contribution in [0.2, 0.25) is 0 Å². The number of anilines is 1. The number of aliphatic hydroxyl groups excluding tert-OH is 1. The summed E-state index contributed by atoms with van der Waals surface area (Å²) in [5, 5.41) is 24.4. The summed E-state index contributed by atoms with van der Waals surface area (Å²) in [5.41, 5.74) is 4.26. The van der Waals surface area contributed by atoms with E-state index < -0.39 is 17.8 Å². The molecule has 0 aliphatic carbocycles. The van der Waals surface area contributed by atoms with Gasteiger partial charge in [-0.3, -0.25) is 14.4 Å². The van der Waals surface area contributed by atoms with Gasteiger partial charge in [-0.05, 0) is 54.5 Å². The molecule has 3 aliphatic heterocycles. The molecule has 51 heavy (non-hydrogen) atoms. The molecule has 4 N–H and O–H groups in total. The van der Waals surface area contributed by atoms with Crippen LogP contribution in [0.5, 0.6) is 0 Å². The van der Waals surface area contributed by atoms with E-state index in [1.54, 1.807) is 0 Å². The molecule has 3 heterocycles. The number of hydrogen-bond donors (Lipinski definition) is 4. The predicted octanol–water partition coefficient (Wildman–Crippen LogP) is 5.19. The Morgan fingerprint density at radius 3 is 2.20 bits per heavy atom. The molecule has 3 atom stereocenters. The van der Waals surface area contributed by atoms with Gasteiger partial charge in [0.25, 0.3) is 0 Å². The van der Waals surface area contributed by atoms with Crippen molar-refractivity contribution in [1.29, 1.82) is 0 Å². The van der Waals surface area contributed by atoms with Crippen LogP contribution >= 0.6 is 0 Å². The Morgan fingerprint density at radius 2 is 1.51 bits per heavy atom. The maximum absolute atomic E-state index is 13.2. The van der Waals surface area contributed by atoms with Crippen LogP contribution in [0.3, 0.4) is 0 Å². The molecule has 1 spiro atoms. The number of ether oxygens (including phenoxy) is 2. The minimum Gasteiger partial charge on any atom is -0.481 e. The topological polar surface area (TPSA) is 141 Å². The Kier molecular flexibility index (Phi) is 12.4. The quantitative estimate of drug-likeness (QED) is 0.158. The number of para-hydroxylation sites is 1. The average molecular weight is 699 g/mol. The number of hydrogen-bond acceptors (Lipinski definition) is 8. The first kappa shape index (κ1) is 36.5. The van der Waals surface area contributed by atoms with E-state index in [0.717, 1.165) is 79.7 Å². The van der Waals surface area contributed by atoms with Crippen LogP contribution in [-0.4, -0.2) is 70.8 Å². The number of rotatable bonds is 15. The van der Waals surface area contributed by atoms with Crippen molar-refractivity contribution in [2.24, 2.45) is 0 Å². The smallest absolute Gasteiger partial charge is 0.303 e. The van der Waals surface area contributed by atoms with Gasteiger partial charge in [0.05, 0.1) is 25.5 Å². The third-order valence-electron chi connectivity index (χ3n) is 10.5. The third-order valence-corrected chi connectivity index (χ3v) is 10.5. The van der Waals surface area contributed by atoms with Gasteiger partial charge in [-0.1, -0.05) is 79.6 Å². The summed E-state index contributed by atoms with van der Waals surface area (Å²) in [4.78, 5) is 40.8. The molecule has 6 rings (SSSR count). The zero-order chi connectivity index (χ0) is 35.6. The highest BCUT2D eigenvalue weighted by Crippen LogP contribution is 2.40. The fourth-order valence-electron chi connectivity index (χ4n) is 7.46. The van der Waals surface area contributed by atoms with Crippen molar-refractivity contribution < 1.29 is 34.1 Å². The Bertz CT molecular complexity index is 1590. The summed E-state index contributed by atoms with van der Waals surface area (Å²) < 4.78 is 13.2. The minimum absolute atomic E-state index is 0.0147. The summed E-state index contributed by atoms with van der Waals surface area (Å²) in [6.45, 7) is 3.21. The number of unbranched alkanes of at least 4 members (excludes halogenated alkanes) is 3. The third kappa shape index (κ3) is 9.34. The summed E-state index contributed by atoms with van der Waals surface area (Å²) in [7, 11) is 0. The van der Waals surface area contributed by atoms with Crippen molar-refractivity contribution in [3.05, 3.63) is 101 Å². The standard InChI is InChI=1S/C40H50N4O7/c45-27-30-14-16-31(17-15-30)35-24-34(26-43-22-20-40(21-23-43)39(49)42-28-44(40)33-8-4-3-5-9-33)50-38(51-35)32-18-12-29(13-19-32)25-41-36(46)10-6-1-2-7-11-37(47)48/h3-5,8-9,12-19,34-35,38,45H,1-2,6-7,10-11,20-28H2,(H,41,46)(H,42,49)(H,47,48). The minimum atomic E-state index is -0.781. The number of nitrogens with zero attached hydrogens (tertiary/aromatic N) is 2. The van der Waals surface area contributed by atoms with Gasteiger partial charge >= 0.3 is 5.97 Å². The molecular formula is C40H50N4O7. The number of aliphatic carboxylic acids is 1. The summed E-state index contributed by atoms with van der Waals surface area (Å²) in [6, 6.07) is 26.0. The highest BCUT2D eigenvalue weighted by molar-refractivity contribution is 5.93. The maximum Gasteiger partial charge on any atom is 0.303 e. The summed E-state index contributed by atoms with van der Waals surface area (Å²) in [5.74, 6) is -0.691. The summed E-state index contributed by atoms with van der Waals surface area (Å²) in [6.07, 6.45) is 4.89. The molecule has 3 unspecified atom stereocenters. The van der Waals surface area contributed by atoms with Crippen LogP contribution in [-0.2, 0) is 37.0 Å². The number of carbonyl (C=O) groups excluding carboxylic acids is 2. The van der Waals surface area contributed by atoms with Crippen LogP contribution in [0.25, 0.3) is 0 Å². The van der Waals surface area contributed by atoms with Crippen LogP contribution in [0.1, 0.15) is 92.4 Å². The monoisotopic (exact) mass is 698 g/mol. The number of nitrogens with one attached hydrogen (secondary N) is 2. The van der Waals surface area contributed by atoms with Gasteiger partial charge in [-0.2, -0.15) is 0 Å². The number of amides is 2. The van der Waals surface area contributed by atoms with Gasteiger partial charge in [0.15, 0.2) is 6.29 Å². The zero-order valence-corrected chi connectivity index (χ0v) is 29.2. The van der Waals surface area contributed by atoms with Crippen LogP contribution in [0.4, 0.5) is 5.69 Å². The number of benzene rings is 3. The molecule has 0 bridgehead atoms. The first-order valence-electron chi connectivity index (χ1n) is 18.2. The van der Waals surface area contributed by atoms with Crippen LogP contribution in [0, 0.1) is 0 Å². The maximum atomic E-state index is 13.2. The van der Waals surface area contributed by atoms with Crippen molar-refractivity contribution in [1.82, 2.24) is 15.5 Å². The van der Waals surface area contributed by atoms with E-state index in [2.05, 4.69) is 32.6 Å².